The zero-order valence-corrected chi connectivity index (χ0v) is 14.3. The molecule has 1 aliphatic rings. The van der Waals surface area contributed by atoms with E-state index in [0.717, 1.165) is 23.1 Å². The van der Waals surface area contributed by atoms with Crippen LogP contribution in [-0.4, -0.2) is 26.6 Å². The number of hydrogen-bond donors (Lipinski definition) is 0. The van der Waals surface area contributed by atoms with Crippen LogP contribution in [0.3, 0.4) is 0 Å². The average molecular weight is 375 g/mol. The number of fused-ring (bicyclic) bond motifs is 1. The molecule has 0 saturated heterocycles. The molecule has 0 fully saturated rings. The Kier molecular flexibility index (Phi) is 4.78. The molecular weight excluding hydrogens is 361 g/mol. The Morgan fingerprint density at radius 3 is 2.62 bits per heavy atom. The van der Waals surface area contributed by atoms with Gasteiger partial charge in [-0.1, -0.05) is 23.4 Å². The summed E-state index contributed by atoms with van der Waals surface area (Å²) < 4.78 is 39.1. The summed E-state index contributed by atoms with van der Waals surface area (Å²) >= 11 is 7.00. The number of thioether (sulfide) groups is 1. The molecule has 0 unspecified atom stereocenters. The first kappa shape index (κ1) is 17.2. The van der Waals surface area contributed by atoms with Crippen LogP contribution < -0.4 is 4.90 Å². The van der Waals surface area contributed by atoms with Gasteiger partial charge in [-0.3, -0.25) is 0 Å². The van der Waals surface area contributed by atoms with Gasteiger partial charge in [0.15, 0.2) is 11.0 Å². The molecule has 0 saturated carbocycles. The molecule has 2 aromatic rings. The van der Waals surface area contributed by atoms with Crippen molar-refractivity contribution in [3.05, 3.63) is 41.3 Å². The van der Waals surface area contributed by atoms with Gasteiger partial charge in [0.05, 0.1) is 19.3 Å². The van der Waals surface area contributed by atoms with Crippen molar-refractivity contribution in [1.82, 2.24) is 9.55 Å². The Hall–Kier alpha value is -1.67. The van der Waals surface area contributed by atoms with Gasteiger partial charge in [0.1, 0.15) is 5.69 Å². The minimum absolute atomic E-state index is 0.0837. The third-order valence-electron chi connectivity index (χ3n) is 3.47. The van der Waals surface area contributed by atoms with Crippen LogP contribution in [0.5, 0.6) is 0 Å². The zero-order valence-electron chi connectivity index (χ0n) is 12.7. The molecule has 0 amide bonds. The van der Waals surface area contributed by atoms with Gasteiger partial charge in [0, 0.05) is 23.5 Å². The van der Waals surface area contributed by atoms with E-state index in [9.17, 15) is 13.2 Å². The fraction of sp³-hybridized carbons (Fsp3) is 0.333. The number of halogens is 4. The number of benzene rings is 1. The molecule has 0 atom stereocenters. The maximum Gasteiger partial charge on any atom is 0.389 e. The highest BCUT2D eigenvalue weighted by molar-refractivity contribution is 8.14. The van der Waals surface area contributed by atoms with Crippen molar-refractivity contribution in [2.75, 3.05) is 10.7 Å². The summed E-state index contributed by atoms with van der Waals surface area (Å²) in [5.74, 6) is 0.592. The van der Waals surface area contributed by atoms with Crippen molar-refractivity contribution in [3.8, 4) is 0 Å². The number of nitrogens with zero attached hydrogens (tertiary/aromatic N) is 4. The molecule has 9 heteroatoms. The standard InChI is InChI=1S/C15H14ClF3N4S/c1-22-9-20-12-8-23(11-4-2-10(16)3-5-11)14(21-13(12)22)24-7-6-15(17,18)19/h2-5,9H,6-8H2,1H3. The fourth-order valence-electron chi connectivity index (χ4n) is 2.29. The zero-order chi connectivity index (χ0) is 17.3. The first-order valence-electron chi connectivity index (χ1n) is 7.15. The SMILES string of the molecule is Cn1cnc2c1N=C(SCCC(F)(F)F)N(c1ccc(Cl)cc1)C2. The number of amidine groups is 1. The largest absolute Gasteiger partial charge is 0.389 e. The topological polar surface area (TPSA) is 33.4 Å². The van der Waals surface area contributed by atoms with Crippen LogP contribution in [0.2, 0.25) is 5.02 Å². The number of aryl methyl sites for hydroxylation is 1. The lowest BCUT2D eigenvalue weighted by Crippen LogP contribution is -2.31. The molecule has 1 aromatic heterocycles. The second kappa shape index (κ2) is 6.68. The molecule has 1 aromatic carbocycles. The van der Waals surface area contributed by atoms with Crippen molar-refractivity contribution in [2.24, 2.45) is 12.0 Å². The van der Waals surface area contributed by atoms with Gasteiger partial charge in [-0.25, -0.2) is 9.98 Å². The van der Waals surface area contributed by atoms with Gasteiger partial charge < -0.3 is 9.47 Å². The fourth-order valence-corrected chi connectivity index (χ4v) is 3.41. The number of hydrogen-bond acceptors (Lipinski definition) is 4. The summed E-state index contributed by atoms with van der Waals surface area (Å²) in [4.78, 5) is 10.7. The van der Waals surface area contributed by atoms with Crippen LogP contribution in [0.1, 0.15) is 12.1 Å². The van der Waals surface area contributed by atoms with Crippen LogP contribution in [0.25, 0.3) is 0 Å². The van der Waals surface area contributed by atoms with Crippen molar-refractivity contribution in [3.63, 3.8) is 0 Å². The molecule has 3 rings (SSSR count). The Balaban J connectivity index is 1.87. The Morgan fingerprint density at radius 1 is 1.25 bits per heavy atom. The van der Waals surface area contributed by atoms with Gasteiger partial charge >= 0.3 is 6.18 Å². The average Bonchev–Trinajstić information content (AvgIpc) is 2.87. The van der Waals surface area contributed by atoms with Crippen molar-refractivity contribution in [1.29, 1.82) is 0 Å². The minimum atomic E-state index is -4.18. The van der Waals surface area contributed by atoms with E-state index < -0.39 is 12.6 Å². The van der Waals surface area contributed by atoms with Crippen molar-refractivity contribution < 1.29 is 13.2 Å². The Morgan fingerprint density at radius 2 is 1.96 bits per heavy atom. The van der Waals surface area contributed by atoms with Crippen molar-refractivity contribution in [2.45, 2.75) is 19.1 Å². The van der Waals surface area contributed by atoms with Crippen LogP contribution in [0, 0.1) is 0 Å². The number of alkyl halides is 3. The second-order valence-electron chi connectivity index (χ2n) is 5.30. The molecule has 0 N–H and O–H groups in total. The van der Waals surface area contributed by atoms with E-state index >= 15 is 0 Å². The summed E-state index contributed by atoms with van der Waals surface area (Å²) in [5.41, 5.74) is 1.60. The molecule has 0 bridgehead atoms. The van der Waals surface area contributed by atoms with Crippen LogP contribution in [0.15, 0.2) is 35.6 Å². The van der Waals surface area contributed by atoms with Gasteiger partial charge in [-0.2, -0.15) is 13.2 Å². The van der Waals surface area contributed by atoms with Crippen LogP contribution in [0.4, 0.5) is 24.7 Å². The summed E-state index contributed by atoms with van der Waals surface area (Å²) in [7, 11) is 1.81. The summed E-state index contributed by atoms with van der Waals surface area (Å²) in [6.07, 6.45) is -3.38. The van der Waals surface area contributed by atoms with Gasteiger partial charge in [0.2, 0.25) is 0 Å². The van der Waals surface area contributed by atoms with E-state index in [1.54, 1.807) is 23.0 Å². The molecule has 4 nitrogen and oxygen atoms in total. The number of aliphatic imine (C=N–C) groups is 1. The summed E-state index contributed by atoms with van der Waals surface area (Å²) in [6, 6.07) is 7.11. The number of rotatable bonds is 3. The highest BCUT2D eigenvalue weighted by atomic mass is 35.5. The smallest absolute Gasteiger partial charge is 0.319 e. The predicted octanol–water partition coefficient (Wildman–Crippen LogP) is 4.77. The molecule has 24 heavy (non-hydrogen) atoms. The van der Waals surface area contributed by atoms with E-state index in [2.05, 4.69) is 9.98 Å². The molecule has 0 radical (unpaired) electrons. The first-order chi connectivity index (χ1) is 11.3. The minimum Gasteiger partial charge on any atom is -0.319 e. The molecule has 0 aliphatic carbocycles. The molecular formula is C15H14ClF3N4S. The van der Waals surface area contributed by atoms with Gasteiger partial charge in [-0.05, 0) is 24.3 Å². The third kappa shape index (κ3) is 3.87. The van der Waals surface area contributed by atoms with E-state index in [4.69, 9.17) is 11.6 Å². The second-order valence-corrected chi connectivity index (χ2v) is 6.79. The lowest BCUT2D eigenvalue weighted by molar-refractivity contribution is -0.129. The lowest BCUT2D eigenvalue weighted by Gasteiger charge is -2.28. The van der Waals surface area contributed by atoms with Crippen molar-refractivity contribution >= 4 is 40.0 Å². The Bertz CT molecular complexity index is 755. The summed E-state index contributed by atoms with van der Waals surface area (Å²) in [6.45, 7) is 0.454. The number of aromatic nitrogens is 2. The molecule has 1 aliphatic heterocycles. The highest BCUT2D eigenvalue weighted by Crippen LogP contribution is 2.33. The van der Waals surface area contributed by atoms with E-state index in [0.29, 0.717) is 22.6 Å². The normalized spacial score (nSPS) is 14.5. The molecule has 128 valence electrons. The molecule has 2 heterocycles. The number of anilines is 1. The first-order valence-corrected chi connectivity index (χ1v) is 8.51. The maximum absolute atomic E-state index is 12.4. The molecule has 0 spiro atoms. The maximum atomic E-state index is 12.4. The predicted molar refractivity (Wildman–Crippen MR) is 91.1 cm³/mol. The van der Waals surface area contributed by atoms with Gasteiger partial charge in [0.25, 0.3) is 0 Å². The van der Waals surface area contributed by atoms with E-state index in [1.807, 2.05) is 24.1 Å². The third-order valence-corrected chi connectivity index (χ3v) is 4.70. The highest BCUT2D eigenvalue weighted by Gasteiger charge is 2.29. The van der Waals surface area contributed by atoms with E-state index in [-0.39, 0.29) is 5.75 Å². The van der Waals surface area contributed by atoms with Crippen LogP contribution in [-0.2, 0) is 13.6 Å². The quantitative estimate of drug-likeness (QED) is 0.776. The Labute approximate surface area is 146 Å². The monoisotopic (exact) mass is 374 g/mol. The van der Waals surface area contributed by atoms with Gasteiger partial charge in [-0.15, -0.1) is 0 Å². The van der Waals surface area contributed by atoms with Crippen LogP contribution >= 0.6 is 23.4 Å². The lowest BCUT2D eigenvalue weighted by atomic mass is 10.2. The number of imidazole rings is 1. The summed E-state index contributed by atoms with van der Waals surface area (Å²) in [5, 5.41) is 1.12. The van der Waals surface area contributed by atoms with E-state index in [1.165, 1.54) is 0 Å².